The van der Waals surface area contributed by atoms with Gasteiger partial charge in [0.25, 0.3) is 5.91 Å². The highest BCUT2D eigenvalue weighted by atomic mass is 16.5. The maximum absolute atomic E-state index is 12.1. The Bertz CT molecular complexity index is 943. The van der Waals surface area contributed by atoms with Crippen LogP contribution in [0.25, 0.3) is 11.3 Å². The Morgan fingerprint density at radius 3 is 2.62 bits per heavy atom. The Morgan fingerprint density at radius 2 is 1.96 bits per heavy atom. The number of aromatic nitrogens is 4. The van der Waals surface area contributed by atoms with Gasteiger partial charge in [-0.2, -0.15) is 10.2 Å². The predicted molar refractivity (Wildman–Crippen MR) is 95.6 cm³/mol. The van der Waals surface area contributed by atoms with Crippen molar-refractivity contribution in [2.45, 2.75) is 13.8 Å². The van der Waals surface area contributed by atoms with E-state index in [4.69, 9.17) is 4.74 Å². The molecule has 2 aromatic heterocycles. The van der Waals surface area contributed by atoms with Crippen molar-refractivity contribution in [2.75, 3.05) is 11.9 Å². The zero-order valence-corrected chi connectivity index (χ0v) is 14.7. The van der Waals surface area contributed by atoms with Gasteiger partial charge in [-0.25, -0.2) is 4.79 Å². The van der Waals surface area contributed by atoms with Gasteiger partial charge in [-0.05, 0) is 19.9 Å². The third kappa shape index (κ3) is 3.64. The average Bonchev–Trinajstić information content (AvgIpc) is 3.22. The van der Waals surface area contributed by atoms with E-state index in [1.54, 1.807) is 24.7 Å². The summed E-state index contributed by atoms with van der Waals surface area (Å²) in [6, 6.07) is 11.0. The van der Waals surface area contributed by atoms with E-state index in [1.165, 1.54) is 0 Å². The minimum absolute atomic E-state index is 0.186. The Balaban J connectivity index is 1.59. The van der Waals surface area contributed by atoms with Crippen LogP contribution in [-0.2, 0) is 16.6 Å². The highest BCUT2D eigenvalue weighted by Gasteiger charge is 2.16. The fraction of sp³-hybridized carbons (Fsp3) is 0.222. The van der Waals surface area contributed by atoms with Crippen LogP contribution in [-0.4, -0.2) is 38.5 Å². The second kappa shape index (κ2) is 7.22. The molecule has 0 atom stereocenters. The number of hydrogen-bond acceptors (Lipinski definition) is 5. The molecule has 0 saturated heterocycles. The van der Waals surface area contributed by atoms with Gasteiger partial charge in [-0.15, -0.1) is 0 Å². The van der Waals surface area contributed by atoms with Gasteiger partial charge in [-0.3, -0.25) is 14.6 Å². The van der Waals surface area contributed by atoms with Crippen molar-refractivity contribution < 1.29 is 14.3 Å². The standard InChI is InChI=1S/C18H19N5O3/c1-11-17(12(2)23(3)22-11)19-16(24)10-26-18(25)15-9-14(20-21-15)13-7-5-4-6-8-13/h4-9H,10H2,1-3H3,(H,19,24)(H,20,21). The smallest absolute Gasteiger partial charge is 0.356 e. The molecule has 3 aromatic rings. The molecule has 8 nitrogen and oxygen atoms in total. The van der Waals surface area contributed by atoms with Gasteiger partial charge in [0.05, 0.1) is 22.8 Å². The molecule has 134 valence electrons. The fourth-order valence-electron chi connectivity index (χ4n) is 2.52. The van der Waals surface area contributed by atoms with E-state index in [0.29, 0.717) is 17.1 Å². The molecular formula is C18H19N5O3. The first-order valence-electron chi connectivity index (χ1n) is 8.03. The molecule has 0 spiro atoms. The number of H-pyrrole nitrogens is 1. The van der Waals surface area contributed by atoms with Crippen LogP contribution in [0.5, 0.6) is 0 Å². The van der Waals surface area contributed by atoms with Crippen LogP contribution in [0, 0.1) is 13.8 Å². The van der Waals surface area contributed by atoms with E-state index < -0.39 is 18.5 Å². The number of hydrogen-bond donors (Lipinski definition) is 2. The van der Waals surface area contributed by atoms with Gasteiger partial charge in [0.15, 0.2) is 6.61 Å². The monoisotopic (exact) mass is 353 g/mol. The first-order chi connectivity index (χ1) is 12.5. The lowest BCUT2D eigenvalue weighted by Crippen LogP contribution is -2.21. The molecule has 3 rings (SSSR count). The number of ether oxygens (including phenoxy) is 1. The third-order valence-electron chi connectivity index (χ3n) is 3.98. The molecule has 0 radical (unpaired) electrons. The molecule has 0 aliphatic heterocycles. The number of nitrogens with zero attached hydrogens (tertiary/aromatic N) is 3. The van der Waals surface area contributed by atoms with Gasteiger partial charge >= 0.3 is 5.97 Å². The van der Waals surface area contributed by atoms with E-state index in [9.17, 15) is 9.59 Å². The molecule has 0 bridgehead atoms. The molecule has 1 amide bonds. The molecule has 0 saturated carbocycles. The van der Waals surface area contributed by atoms with Crippen molar-refractivity contribution in [3.63, 3.8) is 0 Å². The summed E-state index contributed by atoms with van der Waals surface area (Å²) in [5.74, 6) is -1.07. The lowest BCUT2D eigenvalue weighted by molar-refractivity contribution is -0.119. The number of esters is 1. The lowest BCUT2D eigenvalue weighted by Gasteiger charge is -2.06. The Hall–Kier alpha value is -3.42. The number of carbonyl (C=O) groups excluding carboxylic acids is 2. The first kappa shape index (κ1) is 17.4. The Morgan fingerprint density at radius 1 is 1.23 bits per heavy atom. The van der Waals surface area contributed by atoms with Gasteiger partial charge in [-0.1, -0.05) is 30.3 Å². The lowest BCUT2D eigenvalue weighted by atomic mass is 10.1. The molecule has 0 aliphatic carbocycles. The molecule has 8 heteroatoms. The molecule has 2 heterocycles. The van der Waals surface area contributed by atoms with Crippen LogP contribution in [0.15, 0.2) is 36.4 Å². The molecule has 26 heavy (non-hydrogen) atoms. The molecule has 1 aromatic carbocycles. The molecule has 0 fully saturated rings. The second-order valence-corrected chi connectivity index (χ2v) is 5.83. The minimum atomic E-state index is -0.644. The Kier molecular flexibility index (Phi) is 4.83. The van der Waals surface area contributed by atoms with Crippen molar-refractivity contribution in [1.29, 1.82) is 0 Å². The van der Waals surface area contributed by atoms with Crippen LogP contribution >= 0.6 is 0 Å². The number of benzene rings is 1. The second-order valence-electron chi connectivity index (χ2n) is 5.83. The van der Waals surface area contributed by atoms with Gasteiger partial charge < -0.3 is 10.1 Å². The highest BCUT2D eigenvalue weighted by molar-refractivity contribution is 5.95. The van der Waals surface area contributed by atoms with Gasteiger partial charge in [0.1, 0.15) is 5.69 Å². The number of anilines is 1. The number of aromatic amines is 1. The SMILES string of the molecule is Cc1nn(C)c(C)c1NC(=O)COC(=O)c1cc(-c2ccccc2)n[nH]1. The summed E-state index contributed by atoms with van der Waals surface area (Å²) in [6.07, 6.45) is 0. The largest absolute Gasteiger partial charge is 0.451 e. The average molecular weight is 353 g/mol. The van der Waals surface area contributed by atoms with Crippen molar-refractivity contribution in [3.8, 4) is 11.3 Å². The van der Waals surface area contributed by atoms with Gasteiger partial charge in [0, 0.05) is 12.6 Å². The number of amides is 1. The van der Waals surface area contributed by atoms with E-state index >= 15 is 0 Å². The zero-order chi connectivity index (χ0) is 18.7. The fourth-order valence-corrected chi connectivity index (χ4v) is 2.52. The van der Waals surface area contributed by atoms with Crippen molar-refractivity contribution >= 4 is 17.6 Å². The summed E-state index contributed by atoms with van der Waals surface area (Å²) >= 11 is 0. The van der Waals surface area contributed by atoms with Gasteiger partial charge in [0.2, 0.25) is 0 Å². The van der Waals surface area contributed by atoms with E-state index in [2.05, 4.69) is 20.6 Å². The highest BCUT2D eigenvalue weighted by Crippen LogP contribution is 2.19. The summed E-state index contributed by atoms with van der Waals surface area (Å²) < 4.78 is 6.72. The zero-order valence-electron chi connectivity index (χ0n) is 14.7. The Labute approximate surface area is 150 Å². The summed E-state index contributed by atoms with van der Waals surface area (Å²) in [6.45, 7) is 3.24. The quantitative estimate of drug-likeness (QED) is 0.685. The predicted octanol–water partition coefficient (Wildman–Crippen LogP) is 2.22. The maximum atomic E-state index is 12.1. The summed E-state index contributed by atoms with van der Waals surface area (Å²) in [7, 11) is 1.79. The van der Waals surface area contributed by atoms with Crippen LogP contribution < -0.4 is 5.32 Å². The number of carbonyl (C=O) groups is 2. The molecule has 2 N–H and O–H groups in total. The number of nitrogens with one attached hydrogen (secondary N) is 2. The summed E-state index contributed by atoms with van der Waals surface area (Å²) in [5, 5.41) is 13.7. The molecule has 0 aliphatic rings. The topological polar surface area (TPSA) is 102 Å². The molecular weight excluding hydrogens is 334 g/mol. The van der Waals surface area contributed by atoms with E-state index in [0.717, 1.165) is 11.3 Å². The normalized spacial score (nSPS) is 10.6. The summed E-state index contributed by atoms with van der Waals surface area (Å²) in [5.41, 5.74) is 3.84. The first-order valence-corrected chi connectivity index (χ1v) is 8.03. The number of rotatable bonds is 5. The van der Waals surface area contributed by atoms with Crippen LogP contribution in [0.2, 0.25) is 0 Å². The van der Waals surface area contributed by atoms with E-state index in [-0.39, 0.29) is 5.69 Å². The van der Waals surface area contributed by atoms with Crippen LogP contribution in [0.3, 0.4) is 0 Å². The minimum Gasteiger partial charge on any atom is -0.451 e. The van der Waals surface area contributed by atoms with Crippen molar-refractivity contribution in [3.05, 3.63) is 53.5 Å². The third-order valence-corrected chi connectivity index (χ3v) is 3.98. The van der Waals surface area contributed by atoms with E-state index in [1.807, 2.05) is 37.3 Å². The van der Waals surface area contributed by atoms with Crippen molar-refractivity contribution in [1.82, 2.24) is 20.0 Å². The number of aryl methyl sites for hydroxylation is 2. The van der Waals surface area contributed by atoms with Crippen molar-refractivity contribution in [2.24, 2.45) is 7.05 Å². The molecule has 0 unspecified atom stereocenters. The maximum Gasteiger partial charge on any atom is 0.356 e. The summed E-state index contributed by atoms with van der Waals surface area (Å²) in [4.78, 5) is 24.1. The van der Waals surface area contributed by atoms with Crippen LogP contribution in [0.4, 0.5) is 5.69 Å². The van der Waals surface area contributed by atoms with Crippen LogP contribution in [0.1, 0.15) is 21.9 Å².